The van der Waals surface area contributed by atoms with Crippen molar-refractivity contribution in [2.75, 3.05) is 6.54 Å². The molecule has 90 valence electrons. The molecule has 1 N–H and O–H groups in total. The molecule has 1 aliphatic heterocycles. The van der Waals surface area contributed by atoms with Crippen LogP contribution in [0.1, 0.15) is 5.56 Å². The summed E-state index contributed by atoms with van der Waals surface area (Å²) >= 11 is 0. The van der Waals surface area contributed by atoms with Crippen LogP contribution in [0.25, 0.3) is 0 Å². The number of hydrogen-bond acceptors (Lipinski definition) is 3. The number of hydrogen-bond donors (Lipinski definition) is 1. The Hall–Kier alpha value is -1.59. The summed E-state index contributed by atoms with van der Waals surface area (Å²) in [5, 5.41) is 1.52. The lowest BCUT2D eigenvalue weighted by molar-refractivity contribution is 0.367. The standard InChI is InChI=1S/C12H14N2O2S/c1-11-5-7-12(8-6-11)17(15,16)13-14-9-3-2-4-10-14/h2-9,13H,10H2,1H3. The van der Waals surface area contributed by atoms with Crippen LogP contribution in [0.2, 0.25) is 0 Å². The molecule has 0 radical (unpaired) electrons. The van der Waals surface area contributed by atoms with Gasteiger partial charge in [-0.1, -0.05) is 29.8 Å². The van der Waals surface area contributed by atoms with Crippen LogP contribution in [0.4, 0.5) is 0 Å². The predicted octanol–water partition coefficient (Wildman–Crippen LogP) is 1.57. The molecule has 1 aromatic rings. The van der Waals surface area contributed by atoms with Crippen molar-refractivity contribution < 1.29 is 8.42 Å². The second kappa shape index (κ2) is 4.73. The number of allylic oxidation sites excluding steroid dienone is 2. The summed E-state index contributed by atoms with van der Waals surface area (Å²) in [5.41, 5.74) is 1.03. The highest BCUT2D eigenvalue weighted by molar-refractivity contribution is 7.89. The van der Waals surface area contributed by atoms with Gasteiger partial charge in [-0.05, 0) is 25.1 Å². The van der Waals surface area contributed by atoms with Crippen molar-refractivity contribution in [2.24, 2.45) is 0 Å². The molecule has 0 unspecified atom stereocenters. The highest BCUT2D eigenvalue weighted by Crippen LogP contribution is 2.10. The van der Waals surface area contributed by atoms with Crippen LogP contribution >= 0.6 is 0 Å². The van der Waals surface area contributed by atoms with Gasteiger partial charge in [-0.3, -0.25) is 5.01 Å². The smallest absolute Gasteiger partial charge is 0.257 e. The highest BCUT2D eigenvalue weighted by Gasteiger charge is 2.16. The van der Waals surface area contributed by atoms with Crippen LogP contribution in [0, 0.1) is 6.92 Å². The molecule has 1 aromatic carbocycles. The third-order valence-corrected chi connectivity index (χ3v) is 3.75. The SMILES string of the molecule is Cc1ccc(S(=O)(=O)NN2C=CC=CC2)cc1. The van der Waals surface area contributed by atoms with Crippen LogP contribution in [0.15, 0.2) is 53.6 Å². The van der Waals surface area contributed by atoms with E-state index in [9.17, 15) is 8.42 Å². The summed E-state index contributed by atoms with van der Waals surface area (Å²) in [6, 6.07) is 6.75. The molecule has 0 atom stereocenters. The van der Waals surface area contributed by atoms with Crippen LogP contribution in [0.3, 0.4) is 0 Å². The number of benzene rings is 1. The van der Waals surface area contributed by atoms with E-state index in [-0.39, 0.29) is 4.90 Å². The van der Waals surface area contributed by atoms with Gasteiger partial charge in [0.25, 0.3) is 10.0 Å². The third-order valence-electron chi connectivity index (χ3n) is 2.38. The van der Waals surface area contributed by atoms with Gasteiger partial charge in [0.2, 0.25) is 0 Å². The summed E-state index contributed by atoms with van der Waals surface area (Å²) < 4.78 is 24.0. The van der Waals surface area contributed by atoms with Crippen LogP contribution in [0.5, 0.6) is 0 Å². The molecule has 2 rings (SSSR count). The Morgan fingerprint density at radius 3 is 2.47 bits per heavy atom. The molecule has 0 fully saturated rings. The van der Waals surface area contributed by atoms with Crippen LogP contribution < -0.4 is 4.83 Å². The Bertz CT molecular complexity index is 544. The zero-order valence-electron chi connectivity index (χ0n) is 9.50. The van der Waals surface area contributed by atoms with Crippen LogP contribution in [-0.2, 0) is 10.0 Å². The van der Waals surface area contributed by atoms with Gasteiger partial charge in [-0.15, -0.1) is 4.83 Å². The van der Waals surface area contributed by atoms with Crippen molar-refractivity contribution in [3.8, 4) is 0 Å². The van der Waals surface area contributed by atoms with Gasteiger partial charge in [0, 0.05) is 6.20 Å². The molecule has 0 aromatic heterocycles. The molecule has 4 nitrogen and oxygen atoms in total. The maximum atomic E-state index is 12.0. The topological polar surface area (TPSA) is 49.4 Å². The summed E-state index contributed by atoms with van der Waals surface area (Å²) in [4.78, 5) is 2.77. The number of aryl methyl sites for hydroxylation is 1. The first kappa shape index (κ1) is 11.9. The first-order valence-electron chi connectivity index (χ1n) is 5.27. The van der Waals surface area contributed by atoms with E-state index in [4.69, 9.17) is 0 Å². The average Bonchev–Trinajstić information content (AvgIpc) is 2.30. The molecule has 0 amide bonds. The molecule has 5 heteroatoms. The Morgan fingerprint density at radius 2 is 1.88 bits per heavy atom. The number of rotatable bonds is 3. The fourth-order valence-electron chi connectivity index (χ4n) is 1.46. The summed E-state index contributed by atoms with van der Waals surface area (Å²) in [6.07, 6.45) is 7.21. The van der Waals surface area contributed by atoms with E-state index in [1.54, 1.807) is 36.5 Å². The molecule has 1 heterocycles. The van der Waals surface area contributed by atoms with Gasteiger partial charge in [0.1, 0.15) is 0 Å². The van der Waals surface area contributed by atoms with Gasteiger partial charge in [-0.25, -0.2) is 8.42 Å². The summed E-state index contributed by atoms with van der Waals surface area (Å²) in [6.45, 7) is 2.45. The van der Waals surface area contributed by atoms with Crippen molar-refractivity contribution in [3.05, 3.63) is 54.3 Å². The Labute approximate surface area is 101 Å². The van der Waals surface area contributed by atoms with Gasteiger partial charge >= 0.3 is 0 Å². The zero-order chi connectivity index (χ0) is 12.3. The second-order valence-electron chi connectivity index (χ2n) is 3.83. The lowest BCUT2D eigenvalue weighted by atomic mass is 10.2. The average molecular weight is 250 g/mol. The van der Waals surface area contributed by atoms with E-state index in [2.05, 4.69) is 4.83 Å². The summed E-state index contributed by atoms with van der Waals surface area (Å²) in [7, 11) is -3.49. The van der Waals surface area contributed by atoms with Crippen LogP contribution in [-0.4, -0.2) is 20.0 Å². The van der Waals surface area contributed by atoms with Gasteiger partial charge in [-0.2, -0.15) is 0 Å². The van der Waals surface area contributed by atoms with E-state index >= 15 is 0 Å². The van der Waals surface area contributed by atoms with Gasteiger partial charge in [0.15, 0.2) is 0 Å². The minimum atomic E-state index is -3.49. The van der Waals surface area contributed by atoms with Gasteiger partial charge < -0.3 is 0 Å². The Morgan fingerprint density at radius 1 is 1.18 bits per heavy atom. The molecule has 17 heavy (non-hydrogen) atoms. The predicted molar refractivity (Wildman–Crippen MR) is 66.5 cm³/mol. The minimum Gasteiger partial charge on any atom is -0.298 e. The number of hydrazine groups is 1. The minimum absolute atomic E-state index is 0.269. The van der Waals surface area contributed by atoms with Crippen molar-refractivity contribution in [3.63, 3.8) is 0 Å². The molecular formula is C12H14N2O2S. The van der Waals surface area contributed by atoms with E-state index in [0.29, 0.717) is 6.54 Å². The van der Waals surface area contributed by atoms with Crippen molar-refractivity contribution >= 4 is 10.0 Å². The molecule has 0 bridgehead atoms. The number of nitrogens with one attached hydrogen (secondary N) is 1. The lowest BCUT2D eigenvalue weighted by Crippen LogP contribution is -2.39. The summed E-state index contributed by atoms with van der Waals surface area (Å²) in [5.74, 6) is 0. The second-order valence-corrected chi connectivity index (χ2v) is 5.49. The first-order chi connectivity index (χ1) is 8.08. The fourth-order valence-corrected chi connectivity index (χ4v) is 2.50. The molecule has 1 aliphatic rings. The largest absolute Gasteiger partial charge is 0.298 e. The van der Waals surface area contributed by atoms with Gasteiger partial charge in [0.05, 0.1) is 11.4 Å². The Kier molecular flexibility index (Phi) is 3.31. The third kappa shape index (κ3) is 2.95. The highest BCUT2D eigenvalue weighted by atomic mass is 32.2. The quantitative estimate of drug-likeness (QED) is 0.886. The van der Waals surface area contributed by atoms with E-state index in [1.807, 2.05) is 19.1 Å². The molecular weight excluding hydrogens is 236 g/mol. The van der Waals surface area contributed by atoms with Crippen molar-refractivity contribution in [1.29, 1.82) is 0 Å². The zero-order valence-corrected chi connectivity index (χ0v) is 10.3. The monoisotopic (exact) mass is 250 g/mol. The maximum Gasteiger partial charge on any atom is 0.257 e. The van der Waals surface area contributed by atoms with E-state index in [0.717, 1.165) is 5.56 Å². The van der Waals surface area contributed by atoms with E-state index < -0.39 is 10.0 Å². The molecule has 0 aliphatic carbocycles. The number of nitrogens with zero attached hydrogens (tertiary/aromatic N) is 1. The lowest BCUT2D eigenvalue weighted by Gasteiger charge is -2.21. The van der Waals surface area contributed by atoms with E-state index in [1.165, 1.54) is 5.01 Å². The van der Waals surface area contributed by atoms with Crippen molar-refractivity contribution in [2.45, 2.75) is 11.8 Å². The maximum absolute atomic E-state index is 12.0. The fraction of sp³-hybridized carbons (Fsp3) is 0.167. The van der Waals surface area contributed by atoms with Crippen molar-refractivity contribution in [1.82, 2.24) is 9.84 Å². The Balaban J connectivity index is 2.16. The molecule has 0 saturated carbocycles. The number of sulfonamides is 1. The molecule has 0 saturated heterocycles. The normalized spacial score (nSPS) is 15.2. The first-order valence-corrected chi connectivity index (χ1v) is 6.75. The molecule has 0 spiro atoms.